The van der Waals surface area contributed by atoms with E-state index in [9.17, 15) is 4.79 Å². The average Bonchev–Trinajstić information content (AvgIpc) is 2.74. The fourth-order valence-electron chi connectivity index (χ4n) is 1.21. The second-order valence-corrected chi connectivity index (χ2v) is 4.09. The van der Waals surface area contributed by atoms with Gasteiger partial charge in [0, 0.05) is 17.5 Å². The third-order valence-corrected chi connectivity index (χ3v) is 2.87. The molecule has 2 heterocycles. The van der Waals surface area contributed by atoms with Crippen LogP contribution in [0.1, 0.15) is 4.88 Å². The van der Waals surface area contributed by atoms with Gasteiger partial charge < -0.3 is 5.32 Å². The molecule has 5 heteroatoms. The van der Waals surface area contributed by atoms with Crippen molar-refractivity contribution >= 4 is 17.2 Å². The Balaban J connectivity index is 1.83. The third kappa shape index (κ3) is 2.92. The molecular weight excluding hydrogens is 210 g/mol. The van der Waals surface area contributed by atoms with Crippen LogP contribution in [0.2, 0.25) is 0 Å². The SMILES string of the molecule is O=c1ccc(NCCc2cccs2)n[nH]1. The van der Waals surface area contributed by atoms with E-state index in [1.807, 2.05) is 6.07 Å². The summed E-state index contributed by atoms with van der Waals surface area (Å²) in [4.78, 5) is 12.1. The Morgan fingerprint density at radius 1 is 1.40 bits per heavy atom. The van der Waals surface area contributed by atoms with Crippen molar-refractivity contribution in [2.45, 2.75) is 6.42 Å². The smallest absolute Gasteiger partial charge is 0.264 e. The van der Waals surface area contributed by atoms with Gasteiger partial charge in [-0.15, -0.1) is 11.3 Å². The molecular formula is C10H11N3OS. The van der Waals surface area contributed by atoms with Crippen molar-refractivity contribution in [3.8, 4) is 0 Å². The molecule has 2 N–H and O–H groups in total. The van der Waals surface area contributed by atoms with Crippen molar-refractivity contribution in [1.82, 2.24) is 10.2 Å². The Labute approximate surface area is 91.0 Å². The molecule has 0 fully saturated rings. The van der Waals surface area contributed by atoms with Crippen LogP contribution in [-0.4, -0.2) is 16.7 Å². The monoisotopic (exact) mass is 221 g/mol. The summed E-state index contributed by atoms with van der Waals surface area (Å²) in [6.45, 7) is 0.819. The lowest BCUT2D eigenvalue weighted by molar-refractivity contribution is 0.955. The molecule has 15 heavy (non-hydrogen) atoms. The van der Waals surface area contributed by atoms with Crippen molar-refractivity contribution in [3.05, 3.63) is 44.9 Å². The Morgan fingerprint density at radius 2 is 2.33 bits per heavy atom. The van der Waals surface area contributed by atoms with Gasteiger partial charge in [0.2, 0.25) is 0 Å². The maximum absolute atomic E-state index is 10.7. The fourth-order valence-corrected chi connectivity index (χ4v) is 1.92. The summed E-state index contributed by atoms with van der Waals surface area (Å²) in [6.07, 6.45) is 0.971. The van der Waals surface area contributed by atoms with Crippen LogP contribution >= 0.6 is 11.3 Å². The van der Waals surface area contributed by atoms with Crippen LogP contribution in [0, 0.1) is 0 Å². The summed E-state index contributed by atoms with van der Waals surface area (Å²) in [7, 11) is 0. The van der Waals surface area contributed by atoms with Gasteiger partial charge in [-0.3, -0.25) is 4.79 Å². The molecule has 0 aliphatic rings. The number of nitrogens with one attached hydrogen (secondary N) is 2. The number of H-pyrrole nitrogens is 1. The number of rotatable bonds is 4. The summed E-state index contributed by atoms with van der Waals surface area (Å²) in [6, 6.07) is 7.28. The highest BCUT2D eigenvalue weighted by Gasteiger charge is 1.95. The van der Waals surface area contributed by atoms with Gasteiger partial charge in [-0.05, 0) is 23.9 Å². The molecule has 0 amide bonds. The minimum Gasteiger partial charge on any atom is -0.368 e. The molecule has 0 spiro atoms. The third-order valence-electron chi connectivity index (χ3n) is 1.94. The van der Waals surface area contributed by atoms with E-state index in [1.165, 1.54) is 10.9 Å². The number of aromatic nitrogens is 2. The quantitative estimate of drug-likeness (QED) is 0.822. The zero-order valence-electron chi connectivity index (χ0n) is 8.06. The van der Waals surface area contributed by atoms with E-state index >= 15 is 0 Å². The average molecular weight is 221 g/mol. The second kappa shape index (κ2) is 4.75. The molecule has 0 atom stereocenters. The molecule has 0 aromatic carbocycles. The lowest BCUT2D eigenvalue weighted by Crippen LogP contribution is -2.11. The van der Waals surface area contributed by atoms with Gasteiger partial charge in [0.05, 0.1) is 0 Å². The van der Waals surface area contributed by atoms with E-state index in [0.29, 0.717) is 5.82 Å². The maximum atomic E-state index is 10.7. The van der Waals surface area contributed by atoms with Gasteiger partial charge in [-0.1, -0.05) is 6.07 Å². The topological polar surface area (TPSA) is 57.8 Å². The van der Waals surface area contributed by atoms with Crippen molar-refractivity contribution < 1.29 is 0 Å². The van der Waals surface area contributed by atoms with Crippen LogP contribution in [0.4, 0.5) is 5.82 Å². The van der Waals surface area contributed by atoms with Gasteiger partial charge in [-0.2, -0.15) is 5.10 Å². The standard InChI is InChI=1S/C10H11N3OS/c14-10-4-3-9(12-13-10)11-6-5-8-2-1-7-15-8/h1-4,7H,5-6H2,(H,11,12)(H,13,14). The van der Waals surface area contributed by atoms with E-state index in [-0.39, 0.29) is 5.56 Å². The van der Waals surface area contributed by atoms with Crippen LogP contribution in [-0.2, 0) is 6.42 Å². The largest absolute Gasteiger partial charge is 0.368 e. The van der Waals surface area contributed by atoms with E-state index in [2.05, 4.69) is 27.0 Å². The summed E-state index contributed by atoms with van der Waals surface area (Å²) >= 11 is 1.74. The Bertz CT molecular complexity index is 443. The molecule has 4 nitrogen and oxygen atoms in total. The molecule has 2 aromatic rings. The zero-order chi connectivity index (χ0) is 10.5. The van der Waals surface area contributed by atoms with Crippen LogP contribution in [0.5, 0.6) is 0 Å². The molecule has 0 bridgehead atoms. The van der Waals surface area contributed by atoms with Gasteiger partial charge in [0.25, 0.3) is 5.56 Å². The lowest BCUT2D eigenvalue weighted by Gasteiger charge is -2.02. The fraction of sp³-hybridized carbons (Fsp3) is 0.200. The van der Waals surface area contributed by atoms with Crippen molar-refractivity contribution in [2.75, 3.05) is 11.9 Å². The zero-order valence-corrected chi connectivity index (χ0v) is 8.88. The first-order valence-corrected chi connectivity index (χ1v) is 5.54. The van der Waals surface area contributed by atoms with Crippen molar-refractivity contribution in [3.63, 3.8) is 0 Å². The van der Waals surface area contributed by atoms with Crippen LogP contribution in [0.15, 0.2) is 34.4 Å². The van der Waals surface area contributed by atoms with Crippen LogP contribution < -0.4 is 10.9 Å². The van der Waals surface area contributed by atoms with E-state index in [1.54, 1.807) is 17.4 Å². The summed E-state index contributed by atoms with van der Waals surface area (Å²) in [5, 5.41) is 11.4. The van der Waals surface area contributed by atoms with E-state index in [4.69, 9.17) is 0 Å². The van der Waals surface area contributed by atoms with Gasteiger partial charge in [-0.25, -0.2) is 5.10 Å². The Kier molecular flexibility index (Phi) is 3.14. The number of nitrogens with zero attached hydrogens (tertiary/aromatic N) is 1. The van der Waals surface area contributed by atoms with Crippen LogP contribution in [0.25, 0.3) is 0 Å². The highest BCUT2D eigenvalue weighted by Crippen LogP contribution is 2.09. The van der Waals surface area contributed by atoms with E-state index in [0.717, 1.165) is 13.0 Å². The Morgan fingerprint density at radius 3 is 3.00 bits per heavy atom. The normalized spacial score (nSPS) is 10.1. The predicted molar refractivity (Wildman–Crippen MR) is 61.4 cm³/mol. The van der Waals surface area contributed by atoms with Gasteiger partial charge >= 0.3 is 0 Å². The Hall–Kier alpha value is -1.62. The number of hydrogen-bond donors (Lipinski definition) is 2. The van der Waals surface area contributed by atoms with Gasteiger partial charge in [0.1, 0.15) is 5.82 Å². The minimum atomic E-state index is -0.182. The maximum Gasteiger partial charge on any atom is 0.264 e. The number of hydrogen-bond acceptors (Lipinski definition) is 4. The van der Waals surface area contributed by atoms with Crippen molar-refractivity contribution in [2.24, 2.45) is 0 Å². The molecule has 0 saturated heterocycles. The molecule has 2 rings (SSSR count). The molecule has 78 valence electrons. The molecule has 0 radical (unpaired) electrons. The highest BCUT2D eigenvalue weighted by atomic mass is 32.1. The van der Waals surface area contributed by atoms with E-state index < -0.39 is 0 Å². The summed E-state index contributed by atoms with van der Waals surface area (Å²) < 4.78 is 0. The number of aromatic amines is 1. The van der Waals surface area contributed by atoms with Gasteiger partial charge in [0.15, 0.2) is 0 Å². The molecule has 2 aromatic heterocycles. The lowest BCUT2D eigenvalue weighted by atomic mass is 10.3. The summed E-state index contributed by atoms with van der Waals surface area (Å²) in [5.41, 5.74) is -0.182. The molecule has 0 aliphatic carbocycles. The second-order valence-electron chi connectivity index (χ2n) is 3.06. The minimum absolute atomic E-state index is 0.182. The molecule has 0 unspecified atom stereocenters. The first-order chi connectivity index (χ1) is 7.34. The van der Waals surface area contributed by atoms with Crippen LogP contribution in [0.3, 0.4) is 0 Å². The molecule has 0 saturated carbocycles. The molecule has 0 aliphatic heterocycles. The van der Waals surface area contributed by atoms with Crippen molar-refractivity contribution in [1.29, 1.82) is 0 Å². The highest BCUT2D eigenvalue weighted by molar-refractivity contribution is 7.09. The first kappa shape index (κ1) is 9.92. The predicted octanol–water partition coefficient (Wildman–Crippen LogP) is 1.49. The summed E-state index contributed by atoms with van der Waals surface area (Å²) in [5.74, 6) is 0.700. The first-order valence-electron chi connectivity index (χ1n) is 4.66. The number of anilines is 1. The number of thiophene rings is 1.